The predicted octanol–water partition coefficient (Wildman–Crippen LogP) is 4.75. The highest BCUT2D eigenvalue weighted by atomic mass is 19.1. The van der Waals surface area contributed by atoms with E-state index < -0.39 is 0 Å². The minimum Gasteiger partial charge on any atom is -0.385 e. The molecule has 2 aliphatic heterocycles. The number of anilines is 2. The van der Waals surface area contributed by atoms with Crippen LogP contribution in [-0.4, -0.2) is 50.8 Å². The molecule has 0 spiro atoms. The summed E-state index contributed by atoms with van der Waals surface area (Å²) in [6, 6.07) is 14.7. The van der Waals surface area contributed by atoms with Crippen LogP contribution in [0.4, 0.5) is 15.8 Å². The molecule has 172 valence electrons. The van der Waals surface area contributed by atoms with Crippen molar-refractivity contribution in [2.75, 3.05) is 56.2 Å². The zero-order chi connectivity index (χ0) is 22.3. The summed E-state index contributed by atoms with van der Waals surface area (Å²) in [6.45, 7) is 14.0. The molecule has 0 amide bonds. The maximum Gasteiger partial charge on any atom is 0.148 e. The second-order valence-electron chi connectivity index (χ2n) is 10.8. The number of ether oxygens (including phenoxy) is 1. The summed E-state index contributed by atoms with van der Waals surface area (Å²) >= 11 is 0. The number of morpholine rings is 1. The summed E-state index contributed by atoms with van der Waals surface area (Å²) in [5, 5.41) is 3.49. The van der Waals surface area contributed by atoms with E-state index in [0.29, 0.717) is 18.9 Å². The molecule has 2 heterocycles. The van der Waals surface area contributed by atoms with Crippen molar-refractivity contribution in [3.63, 3.8) is 0 Å². The van der Waals surface area contributed by atoms with Crippen molar-refractivity contribution in [1.29, 1.82) is 0 Å². The Morgan fingerprint density at radius 1 is 1.00 bits per heavy atom. The molecular weight excluding hydrogens is 401 g/mol. The third kappa shape index (κ3) is 4.65. The smallest absolute Gasteiger partial charge is 0.148 e. The van der Waals surface area contributed by atoms with E-state index in [4.69, 9.17) is 4.74 Å². The molecule has 1 saturated carbocycles. The van der Waals surface area contributed by atoms with Gasteiger partial charge in [-0.25, -0.2) is 4.39 Å². The zero-order valence-electron chi connectivity index (χ0n) is 19.6. The van der Waals surface area contributed by atoms with Crippen LogP contribution in [0.25, 0.3) is 0 Å². The van der Waals surface area contributed by atoms with Crippen LogP contribution in [0.2, 0.25) is 0 Å². The number of rotatable bonds is 6. The van der Waals surface area contributed by atoms with Gasteiger partial charge in [0.25, 0.3) is 0 Å². The first-order valence-corrected chi connectivity index (χ1v) is 12.1. The van der Waals surface area contributed by atoms with Crippen molar-refractivity contribution >= 4 is 11.4 Å². The van der Waals surface area contributed by atoms with Crippen LogP contribution in [-0.2, 0) is 16.7 Å². The Kier molecular flexibility index (Phi) is 5.89. The second-order valence-corrected chi connectivity index (χ2v) is 10.8. The molecular formula is C27H36FN3O. The molecule has 0 aromatic heterocycles. The summed E-state index contributed by atoms with van der Waals surface area (Å²) in [7, 11) is 0. The first-order chi connectivity index (χ1) is 15.4. The average Bonchev–Trinajstić information content (AvgIpc) is 3.23. The van der Waals surface area contributed by atoms with Gasteiger partial charge >= 0.3 is 0 Å². The molecule has 0 radical (unpaired) electrons. The van der Waals surface area contributed by atoms with Gasteiger partial charge in [0.05, 0.1) is 18.9 Å². The lowest BCUT2D eigenvalue weighted by Crippen LogP contribution is -2.36. The Bertz CT molecular complexity index is 921. The van der Waals surface area contributed by atoms with Crippen LogP contribution in [0, 0.1) is 23.6 Å². The molecule has 2 atom stereocenters. The van der Waals surface area contributed by atoms with E-state index in [2.05, 4.69) is 60.2 Å². The van der Waals surface area contributed by atoms with Crippen molar-refractivity contribution in [1.82, 2.24) is 4.90 Å². The van der Waals surface area contributed by atoms with E-state index >= 15 is 0 Å². The number of hydrogen-bond acceptors (Lipinski definition) is 4. The largest absolute Gasteiger partial charge is 0.385 e. The van der Waals surface area contributed by atoms with E-state index in [-0.39, 0.29) is 11.2 Å². The van der Waals surface area contributed by atoms with Gasteiger partial charge in [0.1, 0.15) is 5.82 Å². The van der Waals surface area contributed by atoms with E-state index in [9.17, 15) is 4.39 Å². The number of hydrogen-bond donors (Lipinski definition) is 1. The maximum absolute atomic E-state index is 14.6. The van der Waals surface area contributed by atoms with Gasteiger partial charge in [-0.1, -0.05) is 45.0 Å². The van der Waals surface area contributed by atoms with Gasteiger partial charge in [-0.3, -0.25) is 4.90 Å². The molecule has 5 heteroatoms. The maximum atomic E-state index is 14.6. The van der Waals surface area contributed by atoms with Gasteiger partial charge in [-0.05, 0) is 52.5 Å². The molecule has 1 N–H and O–H groups in total. The summed E-state index contributed by atoms with van der Waals surface area (Å²) in [4.78, 5) is 4.66. The molecule has 5 rings (SSSR count). The monoisotopic (exact) mass is 437 g/mol. The molecule has 2 aromatic carbocycles. The van der Waals surface area contributed by atoms with Crippen LogP contribution in [0.15, 0.2) is 42.5 Å². The SMILES string of the molecule is CC(C)(C)c1ccc(CN2CC3C(CNc4ccc(N5CCOCC5)c(F)c4)C3C2)cc1. The van der Waals surface area contributed by atoms with E-state index in [1.165, 1.54) is 24.2 Å². The summed E-state index contributed by atoms with van der Waals surface area (Å²) < 4.78 is 20.0. The van der Waals surface area contributed by atoms with Crippen LogP contribution in [0.1, 0.15) is 31.9 Å². The number of nitrogens with zero attached hydrogens (tertiary/aromatic N) is 2. The molecule has 0 bridgehead atoms. The quantitative estimate of drug-likeness (QED) is 0.706. The number of likely N-dealkylation sites (tertiary alicyclic amines) is 1. The van der Waals surface area contributed by atoms with Crippen LogP contribution >= 0.6 is 0 Å². The number of benzene rings is 2. The third-order valence-corrected chi connectivity index (χ3v) is 7.51. The fraction of sp³-hybridized carbons (Fsp3) is 0.556. The molecule has 4 nitrogen and oxygen atoms in total. The number of nitrogens with one attached hydrogen (secondary N) is 1. The van der Waals surface area contributed by atoms with Gasteiger partial charge in [0.15, 0.2) is 0 Å². The summed E-state index contributed by atoms with van der Waals surface area (Å²) in [5.41, 5.74) is 4.59. The van der Waals surface area contributed by atoms with Crippen molar-refractivity contribution in [3.8, 4) is 0 Å². The number of halogens is 1. The summed E-state index contributed by atoms with van der Waals surface area (Å²) in [5.74, 6) is 2.15. The fourth-order valence-electron chi connectivity index (χ4n) is 5.45. The van der Waals surface area contributed by atoms with Crippen molar-refractivity contribution < 1.29 is 9.13 Å². The first kappa shape index (κ1) is 21.7. The minimum absolute atomic E-state index is 0.142. The standard InChI is InChI=1S/C27H36FN3O/c1-27(2,3)20-6-4-19(5-7-20)16-30-17-23-22(24(23)18-30)15-29-21-8-9-26(25(28)14-21)31-10-12-32-13-11-31/h4-9,14,22-24,29H,10-13,15-18H2,1-3H3. The lowest BCUT2D eigenvalue weighted by Gasteiger charge is -2.29. The topological polar surface area (TPSA) is 27.7 Å². The average molecular weight is 438 g/mol. The van der Waals surface area contributed by atoms with Crippen molar-refractivity contribution in [2.45, 2.75) is 32.7 Å². The highest BCUT2D eigenvalue weighted by molar-refractivity contribution is 5.56. The minimum atomic E-state index is -0.142. The van der Waals surface area contributed by atoms with Gasteiger partial charge in [-0.15, -0.1) is 0 Å². The Morgan fingerprint density at radius 3 is 2.31 bits per heavy atom. The molecule has 3 fully saturated rings. The lowest BCUT2D eigenvalue weighted by molar-refractivity contribution is 0.122. The van der Waals surface area contributed by atoms with Gasteiger partial charge in [0.2, 0.25) is 0 Å². The number of piperidine rings is 1. The first-order valence-electron chi connectivity index (χ1n) is 12.1. The van der Waals surface area contributed by atoms with Gasteiger partial charge in [0, 0.05) is 45.0 Å². The second kappa shape index (κ2) is 8.68. The highest BCUT2D eigenvalue weighted by Gasteiger charge is 2.54. The molecule has 2 saturated heterocycles. The predicted molar refractivity (Wildman–Crippen MR) is 129 cm³/mol. The van der Waals surface area contributed by atoms with Crippen LogP contribution in [0.3, 0.4) is 0 Å². The Hall–Kier alpha value is -2.11. The Balaban J connectivity index is 1.08. The molecule has 1 aliphatic carbocycles. The van der Waals surface area contributed by atoms with Crippen LogP contribution < -0.4 is 10.2 Å². The van der Waals surface area contributed by atoms with Gasteiger partial charge < -0.3 is 15.0 Å². The molecule has 2 aromatic rings. The molecule has 2 unspecified atom stereocenters. The van der Waals surface area contributed by atoms with Gasteiger partial charge in [-0.2, -0.15) is 0 Å². The highest BCUT2D eigenvalue weighted by Crippen LogP contribution is 2.51. The lowest BCUT2D eigenvalue weighted by atomic mass is 9.87. The van der Waals surface area contributed by atoms with E-state index in [1.54, 1.807) is 6.07 Å². The summed E-state index contributed by atoms with van der Waals surface area (Å²) in [6.07, 6.45) is 0. The zero-order valence-corrected chi connectivity index (χ0v) is 19.6. The number of fused-ring (bicyclic) bond motifs is 1. The van der Waals surface area contributed by atoms with Crippen molar-refractivity contribution in [3.05, 3.63) is 59.4 Å². The van der Waals surface area contributed by atoms with E-state index in [1.807, 2.05) is 12.1 Å². The van der Waals surface area contributed by atoms with Crippen molar-refractivity contribution in [2.24, 2.45) is 17.8 Å². The Morgan fingerprint density at radius 2 is 1.69 bits per heavy atom. The normalized spacial score (nSPS) is 25.6. The van der Waals surface area contributed by atoms with Crippen LogP contribution in [0.5, 0.6) is 0 Å². The van der Waals surface area contributed by atoms with E-state index in [0.717, 1.165) is 49.6 Å². The third-order valence-electron chi connectivity index (χ3n) is 7.51. The molecule has 3 aliphatic rings. The molecule has 32 heavy (non-hydrogen) atoms. The fourth-order valence-corrected chi connectivity index (χ4v) is 5.45. The Labute approximate surface area is 191 Å².